The van der Waals surface area contributed by atoms with E-state index in [1.165, 1.54) is 18.2 Å². The number of β-lactam (4-membered cyclic amide) rings is 1. The van der Waals surface area contributed by atoms with Crippen molar-refractivity contribution in [1.82, 2.24) is 19.6 Å². The molecule has 18 heteroatoms. The number of hydrogen-bond acceptors (Lipinski definition) is 14. The number of fused-ring (bicyclic) bond motifs is 1. The maximum absolute atomic E-state index is 14.3. The van der Waals surface area contributed by atoms with Crippen molar-refractivity contribution in [3.63, 3.8) is 0 Å². The Labute approximate surface area is 316 Å². The monoisotopic (exact) mass is 788 g/mol. The number of aromatic nitrogens is 2. The summed E-state index contributed by atoms with van der Waals surface area (Å²) in [5, 5.41) is 5.11. The van der Waals surface area contributed by atoms with Gasteiger partial charge in [-0.3, -0.25) is 18.7 Å². The molecule has 15 nitrogen and oxygen atoms in total. The predicted molar refractivity (Wildman–Crippen MR) is 199 cm³/mol. The van der Waals surface area contributed by atoms with Crippen molar-refractivity contribution in [2.45, 2.75) is 29.3 Å². The Kier molecular flexibility index (Phi) is 11.4. The van der Waals surface area contributed by atoms with E-state index >= 15 is 0 Å². The third kappa shape index (κ3) is 8.14. The highest BCUT2D eigenvalue weighted by Crippen LogP contribution is 2.38. The number of oxime groups is 1. The van der Waals surface area contributed by atoms with E-state index < -0.39 is 61.9 Å². The minimum Gasteiger partial charge on any atom is -0.448 e. The van der Waals surface area contributed by atoms with Crippen LogP contribution in [0.4, 0.5) is 5.13 Å². The summed E-state index contributed by atoms with van der Waals surface area (Å²) in [7, 11) is -6.21. The third-order valence-electron chi connectivity index (χ3n) is 8.04. The van der Waals surface area contributed by atoms with Gasteiger partial charge < -0.3 is 24.8 Å². The molecule has 4 aromatic rings. The van der Waals surface area contributed by atoms with Gasteiger partial charge in [-0.05, 0) is 41.8 Å². The molecule has 1 fully saturated rings. The lowest BCUT2D eigenvalue weighted by molar-refractivity contribution is -0.154. The lowest BCUT2D eigenvalue weighted by Crippen LogP contribution is -2.74. The summed E-state index contributed by atoms with van der Waals surface area (Å²) >= 11 is 0.804. The van der Waals surface area contributed by atoms with E-state index in [0.717, 1.165) is 34.3 Å². The SMILES string of the molecule is C=CCON=C(C(=O)NC1C(=O)N2C(C(=O)OC(c3ccccc3)c3ccccc3)=C(C=COS(=O)(=O)c3ccc(C)cc3)CS(=O)[C@H]12)c1nsc(N)n1. The summed E-state index contributed by atoms with van der Waals surface area (Å²) in [4.78, 5) is 51.5. The largest absolute Gasteiger partial charge is 0.448 e. The molecule has 1 saturated heterocycles. The summed E-state index contributed by atoms with van der Waals surface area (Å²) in [6.45, 7) is 5.27. The quantitative estimate of drug-likeness (QED) is 0.0276. The van der Waals surface area contributed by atoms with Gasteiger partial charge in [0, 0.05) is 11.5 Å². The van der Waals surface area contributed by atoms with Gasteiger partial charge in [0.15, 0.2) is 11.2 Å². The van der Waals surface area contributed by atoms with Crippen LogP contribution in [0.2, 0.25) is 0 Å². The molecule has 0 radical (unpaired) electrons. The number of aryl methyl sites for hydroxylation is 1. The van der Waals surface area contributed by atoms with Crippen molar-refractivity contribution in [2.24, 2.45) is 5.16 Å². The fourth-order valence-corrected chi connectivity index (χ4v) is 8.35. The average Bonchev–Trinajstić information content (AvgIpc) is 3.60. The molecule has 2 unspecified atom stereocenters. The first-order valence-electron chi connectivity index (χ1n) is 16.1. The van der Waals surface area contributed by atoms with Crippen LogP contribution in [0.5, 0.6) is 0 Å². The minimum atomic E-state index is -4.28. The molecule has 278 valence electrons. The number of nitrogen functional groups attached to an aromatic ring is 1. The molecule has 0 aliphatic carbocycles. The molecule has 0 spiro atoms. The smallest absolute Gasteiger partial charge is 0.356 e. The maximum atomic E-state index is 14.3. The summed E-state index contributed by atoms with van der Waals surface area (Å²) in [5.74, 6) is -3.23. The fourth-order valence-electron chi connectivity index (χ4n) is 5.49. The Morgan fingerprint density at radius 1 is 1.09 bits per heavy atom. The molecule has 3 atom stereocenters. The first-order valence-corrected chi connectivity index (χ1v) is 19.7. The number of carbonyl (C=O) groups excluding carboxylic acids is 3. The van der Waals surface area contributed by atoms with Gasteiger partial charge >= 0.3 is 16.1 Å². The van der Waals surface area contributed by atoms with Gasteiger partial charge in [-0.25, -0.2) is 4.79 Å². The van der Waals surface area contributed by atoms with E-state index in [1.54, 1.807) is 79.7 Å². The maximum Gasteiger partial charge on any atom is 0.356 e. The molecule has 6 rings (SSSR count). The molecule has 2 aliphatic rings. The molecule has 2 amide bonds. The number of ether oxygens (including phenoxy) is 1. The van der Waals surface area contributed by atoms with Crippen molar-refractivity contribution in [3.05, 3.63) is 144 Å². The van der Waals surface area contributed by atoms with Crippen molar-refractivity contribution in [3.8, 4) is 0 Å². The van der Waals surface area contributed by atoms with E-state index in [0.29, 0.717) is 11.1 Å². The Morgan fingerprint density at radius 2 is 1.74 bits per heavy atom. The summed E-state index contributed by atoms with van der Waals surface area (Å²) < 4.78 is 54.8. The Balaban J connectivity index is 1.33. The summed E-state index contributed by atoms with van der Waals surface area (Å²) in [6.07, 6.45) is 2.45. The van der Waals surface area contributed by atoms with Crippen LogP contribution in [0.25, 0.3) is 0 Å². The van der Waals surface area contributed by atoms with E-state index in [2.05, 4.69) is 26.4 Å². The van der Waals surface area contributed by atoms with Gasteiger partial charge in [-0.1, -0.05) is 96.2 Å². The Hall–Kier alpha value is -5.98. The van der Waals surface area contributed by atoms with E-state index in [-0.39, 0.29) is 39.5 Å². The lowest BCUT2D eigenvalue weighted by Gasteiger charge is -2.49. The lowest BCUT2D eigenvalue weighted by atomic mass is 10.0. The van der Waals surface area contributed by atoms with Gasteiger partial charge in [0.05, 0.1) is 16.6 Å². The minimum absolute atomic E-state index is 0.00563. The number of esters is 1. The molecule has 3 heterocycles. The second-order valence-corrected chi connectivity index (χ2v) is 15.6. The molecule has 0 saturated carbocycles. The highest BCUT2D eigenvalue weighted by Gasteiger charge is 2.57. The van der Waals surface area contributed by atoms with Crippen molar-refractivity contribution in [1.29, 1.82) is 0 Å². The zero-order chi connectivity index (χ0) is 38.4. The molecular formula is C36H32N6O9S3. The highest BCUT2D eigenvalue weighted by atomic mass is 32.2. The second kappa shape index (κ2) is 16.4. The Bertz CT molecular complexity index is 2250. The number of amides is 2. The molecule has 2 aliphatic heterocycles. The summed E-state index contributed by atoms with van der Waals surface area (Å²) in [5.41, 5.74) is 7.07. The van der Waals surface area contributed by atoms with Crippen LogP contribution in [-0.2, 0) is 49.1 Å². The van der Waals surface area contributed by atoms with Crippen LogP contribution in [0.1, 0.15) is 28.6 Å². The second-order valence-electron chi connectivity index (χ2n) is 11.7. The van der Waals surface area contributed by atoms with Crippen LogP contribution in [-0.4, -0.2) is 74.2 Å². The van der Waals surface area contributed by atoms with Crippen LogP contribution in [0, 0.1) is 6.92 Å². The number of benzene rings is 3. The number of hydrogen-bond donors (Lipinski definition) is 2. The highest BCUT2D eigenvalue weighted by molar-refractivity contribution is 7.87. The predicted octanol–water partition coefficient (Wildman–Crippen LogP) is 3.26. The first kappa shape index (κ1) is 37.8. The van der Waals surface area contributed by atoms with Gasteiger partial charge in [-0.15, -0.1) is 0 Å². The van der Waals surface area contributed by atoms with Gasteiger partial charge in [-0.2, -0.15) is 17.8 Å². The van der Waals surface area contributed by atoms with Gasteiger partial charge in [0.1, 0.15) is 34.9 Å². The Morgan fingerprint density at radius 3 is 2.33 bits per heavy atom. The van der Waals surface area contributed by atoms with E-state index in [1.807, 2.05) is 0 Å². The number of allylic oxidation sites excluding steroid dienone is 1. The molecular weight excluding hydrogens is 757 g/mol. The topological polar surface area (TPSA) is 210 Å². The number of nitrogens with zero attached hydrogens (tertiary/aromatic N) is 4. The van der Waals surface area contributed by atoms with E-state index in [4.69, 9.17) is 19.5 Å². The van der Waals surface area contributed by atoms with Crippen LogP contribution in [0.3, 0.4) is 0 Å². The molecule has 0 bridgehead atoms. The van der Waals surface area contributed by atoms with Crippen molar-refractivity contribution >= 4 is 61.1 Å². The van der Waals surface area contributed by atoms with Crippen molar-refractivity contribution in [2.75, 3.05) is 18.1 Å². The molecule has 54 heavy (non-hydrogen) atoms. The van der Waals surface area contributed by atoms with Crippen LogP contribution < -0.4 is 11.1 Å². The summed E-state index contributed by atoms with van der Waals surface area (Å²) in [6, 6.07) is 22.4. The molecule has 1 aromatic heterocycles. The molecule has 3 aromatic carbocycles. The number of nitrogens with two attached hydrogens (primary N) is 1. The zero-order valence-electron chi connectivity index (χ0n) is 28.4. The number of nitrogens with one attached hydrogen (secondary N) is 1. The average molecular weight is 789 g/mol. The molecule has 3 N–H and O–H groups in total. The standard InChI is InChI=1S/C36H32N6O9S3/c1-3-19-49-40-27(31-39-36(37)52-41-31)32(43)38-28-33(44)42-29(35(45)51-30(23-10-6-4-7-11-23)24-12-8-5-9-13-24)25(21-53(46)34(28)42)18-20-50-54(47,48)26-16-14-22(2)15-17-26/h3-18,20,28,30,34H,1,19,21H2,2H3,(H,38,43)(H2,37,39,41)/t28?,34-,53?/m1/s1. The third-order valence-corrected chi connectivity index (χ3v) is 11.4. The van der Waals surface area contributed by atoms with Gasteiger partial charge in [0.2, 0.25) is 11.5 Å². The number of anilines is 1. The van der Waals surface area contributed by atoms with Crippen LogP contribution >= 0.6 is 11.5 Å². The van der Waals surface area contributed by atoms with Crippen molar-refractivity contribution < 1.29 is 40.8 Å². The van der Waals surface area contributed by atoms with Crippen LogP contribution in [0.15, 0.2) is 131 Å². The zero-order valence-corrected chi connectivity index (χ0v) is 30.9. The normalized spacial score (nSPS) is 18.6. The van der Waals surface area contributed by atoms with E-state index in [9.17, 15) is 27.0 Å². The first-order chi connectivity index (χ1) is 26.0. The number of carbonyl (C=O) groups is 3. The van der Waals surface area contributed by atoms with Gasteiger partial charge in [0.25, 0.3) is 11.8 Å². The fraction of sp³-hybridized carbons (Fsp3) is 0.167. The number of rotatable bonds is 14.